The average molecular weight is 407 g/mol. The molecule has 1 aliphatic heterocycles. The smallest absolute Gasteiger partial charge is 0.257 e. The first kappa shape index (κ1) is 21.8. The molecule has 0 aliphatic carbocycles. The highest BCUT2D eigenvalue weighted by Gasteiger charge is 2.45. The lowest BCUT2D eigenvalue weighted by Crippen LogP contribution is -2.46. The molecule has 1 aliphatic rings. The van der Waals surface area contributed by atoms with Gasteiger partial charge in [0.2, 0.25) is 11.8 Å². The summed E-state index contributed by atoms with van der Waals surface area (Å²) in [5.41, 5.74) is 2.65. The van der Waals surface area contributed by atoms with Crippen LogP contribution >= 0.6 is 0 Å². The van der Waals surface area contributed by atoms with Crippen molar-refractivity contribution in [3.05, 3.63) is 65.7 Å². The van der Waals surface area contributed by atoms with Gasteiger partial charge in [-0.1, -0.05) is 63.2 Å². The van der Waals surface area contributed by atoms with Crippen LogP contribution in [0.3, 0.4) is 0 Å². The Hall–Kier alpha value is -2.95. The van der Waals surface area contributed by atoms with Gasteiger partial charge in [-0.25, -0.2) is 4.90 Å². The van der Waals surface area contributed by atoms with Crippen LogP contribution in [0.5, 0.6) is 0 Å². The summed E-state index contributed by atoms with van der Waals surface area (Å²) in [7, 11) is 0. The number of anilines is 1. The molecule has 5 nitrogen and oxygen atoms in total. The lowest BCUT2D eigenvalue weighted by Gasteiger charge is -2.33. The predicted molar refractivity (Wildman–Crippen MR) is 118 cm³/mol. The summed E-state index contributed by atoms with van der Waals surface area (Å²) >= 11 is 0. The van der Waals surface area contributed by atoms with E-state index in [2.05, 4.69) is 13.8 Å². The van der Waals surface area contributed by atoms with Crippen LogP contribution in [0.25, 0.3) is 0 Å². The number of imide groups is 1. The first-order chi connectivity index (χ1) is 14.3. The predicted octanol–water partition coefficient (Wildman–Crippen LogP) is 4.83. The van der Waals surface area contributed by atoms with Gasteiger partial charge in [-0.15, -0.1) is 0 Å². The van der Waals surface area contributed by atoms with Crippen LogP contribution in [0.15, 0.2) is 54.6 Å². The molecule has 0 bridgehead atoms. The summed E-state index contributed by atoms with van der Waals surface area (Å²) in [5.74, 6) is -0.330. The van der Waals surface area contributed by atoms with Gasteiger partial charge in [0.25, 0.3) is 5.91 Å². The molecule has 1 saturated heterocycles. The quantitative estimate of drug-likeness (QED) is 0.619. The largest absolute Gasteiger partial charge is 0.323 e. The van der Waals surface area contributed by atoms with Crippen molar-refractivity contribution < 1.29 is 14.4 Å². The number of carbonyl (C=O) groups excluding carboxylic acids is 3. The van der Waals surface area contributed by atoms with Gasteiger partial charge < -0.3 is 4.90 Å². The van der Waals surface area contributed by atoms with Crippen molar-refractivity contribution >= 4 is 23.4 Å². The van der Waals surface area contributed by atoms with Crippen LogP contribution in [0.4, 0.5) is 5.69 Å². The maximum Gasteiger partial charge on any atom is 0.257 e. The van der Waals surface area contributed by atoms with E-state index in [1.165, 1.54) is 4.90 Å². The molecule has 2 unspecified atom stereocenters. The fourth-order valence-electron chi connectivity index (χ4n) is 4.01. The molecule has 158 valence electrons. The van der Waals surface area contributed by atoms with Gasteiger partial charge in [-0.3, -0.25) is 14.4 Å². The van der Waals surface area contributed by atoms with Gasteiger partial charge in [-0.2, -0.15) is 0 Å². The third kappa shape index (κ3) is 4.30. The molecule has 1 fully saturated rings. The Morgan fingerprint density at radius 2 is 1.63 bits per heavy atom. The minimum Gasteiger partial charge on any atom is -0.323 e. The van der Waals surface area contributed by atoms with Crippen LogP contribution in [-0.2, 0) is 14.4 Å². The van der Waals surface area contributed by atoms with Crippen LogP contribution in [0.2, 0.25) is 0 Å². The maximum atomic E-state index is 13.3. The standard InChI is InChI=1S/C25H30N2O3/c1-5-9-23(28)26(18(4)20-10-7-6-8-11-20)22-16-24(29)27(25(22)30)21-14-12-19(13-15-21)17(2)3/h6-8,10-15,17-18,22H,5,9,16H2,1-4H3. The van der Waals surface area contributed by atoms with E-state index in [4.69, 9.17) is 0 Å². The summed E-state index contributed by atoms with van der Waals surface area (Å²) in [6, 6.07) is 16.1. The average Bonchev–Trinajstić information content (AvgIpc) is 3.02. The summed E-state index contributed by atoms with van der Waals surface area (Å²) in [6.07, 6.45) is 1.04. The van der Waals surface area contributed by atoms with Gasteiger partial charge in [0.15, 0.2) is 0 Å². The third-order valence-electron chi connectivity index (χ3n) is 5.73. The van der Waals surface area contributed by atoms with E-state index in [0.29, 0.717) is 24.4 Å². The third-order valence-corrected chi connectivity index (χ3v) is 5.73. The van der Waals surface area contributed by atoms with Crippen LogP contribution in [0.1, 0.15) is 70.0 Å². The Labute approximate surface area is 178 Å². The summed E-state index contributed by atoms with van der Waals surface area (Å²) in [6.45, 7) is 8.05. The minimum absolute atomic E-state index is 0.0113. The highest BCUT2D eigenvalue weighted by Crippen LogP contribution is 2.32. The Bertz CT molecular complexity index is 906. The normalized spacial score (nSPS) is 17.5. The first-order valence-corrected chi connectivity index (χ1v) is 10.7. The van der Waals surface area contributed by atoms with E-state index in [-0.39, 0.29) is 30.2 Å². The van der Waals surface area contributed by atoms with Crippen LogP contribution < -0.4 is 4.90 Å². The van der Waals surface area contributed by atoms with Crippen LogP contribution in [0, 0.1) is 0 Å². The molecule has 0 N–H and O–H groups in total. The number of benzene rings is 2. The zero-order valence-corrected chi connectivity index (χ0v) is 18.2. The van der Waals surface area contributed by atoms with Crippen molar-refractivity contribution in [2.45, 2.75) is 65.0 Å². The second-order valence-corrected chi connectivity index (χ2v) is 8.17. The molecular formula is C25H30N2O3. The topological polar surface area (TPSA) is 57.7 Å². The van der Waals surface area contributed by atoms with Crippen molar-refractivity contribution in [3.63, 3.8) is 0 Å². The van der Waals surface area contributed by atoms with E-state index >= 15 is 0 Å². The lowest BCUT2D eigenvalue weighted by molar-refractivity contribution is -0.141. The molecule has 2 atom stereocenters. The highest BCUT2D eigenvalue weighted by atomic mass is 16.2. The second kappa shape index (κ2) is 9.24. The van der Waals surface area contributed by atoms with Crippen molar-refractivity contribution in [2.24, 2.45) is 0 Å². The van der Waals surface area contributed by atoms with Crippen molar-refractivity contribution in [3.8, 4) is 0 Å². The monoisotopic (exact) mass is 406 g/mol. The summed E-state index contributed by atoms with van der Waals surface area (Å²) in [5, 5.41) is 0. The number of rotatable bonds is 7. The molecule has 3 amide bonds. The van der Waals surface area contributed by atoms with E-state index in [9.17, 15) is 14.4 Å². The fourth-order valence-corrected chi connectivity index (χ4v) is 4.01. The molecule has 0 radical (unpaired) electrons. The summed E-state index contributed by atoms with van der Waals surface area (Å²) in [4.78, 5) is 42.0. The molecule has 1 heterocycles. The Morgan fingerprint density at radius 1 is 1.00 bits per heavy atom. The highest BCUT2D eigenvalue weighted by molar-refractivity contribution is 6.23. The molecule has 0 aromatic heterocycles. The van der Waals surface area contributed by atoms with Gasteiger partial charge in [0.1, 0.15) is 6.04 Å². The number of hydrogen-bond donors (Lipinski definition) is 0. The first-order valence-electron chi connectivity index (χ1n) is 10.7. The molecule has 0 saturated carbocycles. The molecule has 5 heteroatoms. The Balaban J connectivity index is 1.92. The fraction of sp³-hybridized carbons (Fsp3) is 0.400. The Morgan fingerprint density at radius 3 is 2.20 bits per heavy atom. The van der Waals surface area contributed by atoms with E-state index in [0.717, 1.165) is 11.1 Å². The van der Waals surface area contributed by atoms with Crippen LogP contribution in [-0.4, -0.2) is 28.7 Å². The Kier molecular flexibility index (Phi) is 6.70. The molecule has 2 aromatic carbocycles. The van der Waals surface area contributed by atoms with Crippen molar-refractivity contribution in [1.82, 2.24) is 4.90 Å². The van der Waals surface area contributed by atoms with Gasteiger partial charge in [-0.05, 0) is 42.5 Å². The molecule has 0 spiro atoms. The number of hydrogen-bond acceptors (Lipinski definition) is 3. The van der Waals surface area contributed by atoms with Gasteiger partial charge in [0.05, 0.1) is 18.2 Å². The number of nitrogens with zero attached hydrogens (tertiary/aromatic N) is 2. The van der Waals surface area contributed by atoms with E-state index in [1.807, 2.05) is 68.4 Å². The molecular weight excluding hydrogens is 376 g/mol. The second-order valence-electron chi connectivity index (χ2n) is 8.17. The minimum atomic E-state index is -0.781. The summed E-state index contributed by atoms with van der Waals surface area (Å²) < 4.78 is 0. The lowest BCUT2D eigenvalue weighted by atomic mass is 10.0. The van der Waals surface area contributed by atoms with Crippen molar-refractivity contribution in [1.29, 1.82) is 0 Å². The zero-order valence-electron chi connectivity index (χ0n) is 18.2. The van der Waals surface area contributed by atoms with E-state index < -0.39 is 6.04 Å². The zero-order chi connectivity index (χ0) is 21.8. The van der Waals surface area contributed by atoms with E-state index in [1.54, 1.807) is 4.90 Å². The molecule has 30 heavy (non-hydrogen) atoms. The molecule has 2 aromatic rings. The number of carbonyl (C=O) groups is 3. The number of amides is 3. The SMILES string of the molecule is CCCC(=O)N(C1CC(=O)N(c2ccc(C(C)C)cc2)C1=O)C(C)c1ccccc1. The van der Waals surface area contributed by atoms with Gasteiger partial charge in [0, 0.05) is 6.42 Å². The van der Waals surface area contributed by atoms with Gasteiger partial charge >= 0.3 is 0 Å². The molecule has 3 rings (SSSR count). The van der Waals surface area contributed by atoms with Crippen molar-refractivity contribution in [2.75, 3.05) is 4.90 Å². The maximum absolute atomic E-state index is 13.3.